The molecular formula is C22H26N2O2. The minimum atomic E-state index is -0.0612. The molecule has 3 fully saturated rings. The molecule has 1 aromatic heterocycles. The van der Waals surface area contributed by atoms with Gasteiger partial charge in [0.1, 0.15) is 5.75 Å². The summed E-state index contributed by atoms with van der Waals surface area (Å²) < 4.78 is 6.29. The molecule has 4 unspecified atom stereocenters. The first kappa shape index (κ1) is 17.3. The second kappa shape index (κ2) is 7.22. The molecule has 2 bridgehead atoms. The zero-order valence-corrected chi connectivity index (χ0v) is 15.1. The van der Waals surface area contributed by atoms with Crippen molar-refractivity contribution in [2.45, 2.75) is 25.0 Å². The number of aromatic hydroxyl groups is 1. The van der Waals surface area contributed by atoms with Gasteiger partial charge in [-0.15, -0.1) is 13.2 Å². The Morgan fingerprint density at radius 2 is 2.23 bits per heavy atom. The van der Waals surface area contributed by atoms with Crippen molar-refractivity contribution in [3.05, 3.63) is 61.3 Å². The van der Waals surface area contributed by atoms with Crippen molar-refractivity contribution in [2.75, 3.05) is 19.7 Å². The van der Waals surface area contributed by atoms with Crippen LogP contribution in [0.25, 0.3) is 10.9 Å². The predicted octanol–water partition coefficient (Wildman–Crippen LogP) is 4.08. The van der Waals surface area contributed by atoms with Crippen LogP contribution in [0, 0.1) is 11.8 Å². The van der Waals surface area contributed by atoms with Gasteiger partial charge in [-0.1, -0.05) is 12.2 Å². The molecule has 26 heavy (non-hydrogen) atoms. The number of phenolic OH excluding ortho intramolecular Hbond substituents is 1. The molecule has 2 aromatic rings. The fourth-order valence-electron chi connectivity index (χ4n) is 4.68. The minimum absolute atomic E-state index is 0.0612. The summed E-state index contributed by atoms with van der Waals surface area (Å²) in [4.78, 5) is 7.00. The van der Waals surface area contributed by atoms with Crippen molar-refractivity contribution in [3.8, 4) is 5.75 Å². The van der Waals surface area contributed by atoms with E-state index in [-0.39, 0.29) is 11.9 Å². The maximum absolute atomic E-state index is 9.99. The number of pyridine rings is 1. The van der Waals surface area contributed by atoms with Crippen LogP contribution in [0.2, 0.25) is 0 Å². The monoisotopic (exact) mass is 350 g/mol. The summed E-state index contributed by atoms with van der Waals surface area (Å²) >= 11 is 0. The number of fused-ring (bicyclic) bond motifs is 4. The molecule has 0 radical (unpaired) electrons. The van der Waals surface area contributed by atoms with Gasteiger partial charge in [-0.2, -0.15) is 0 Å². The molecule has 4 heterocycles. The van der Waals surface area contributed by atoms with E-state index in [1.807, 2.05) is 18.3 Å². The summed E-state index contributed by atoms with van der Waals surface area (Å²) in [6.45, 7) is 10.5. The number of hydrogen-bond acceptors (Lipinski definition) is 4. The lowest BCUT2D eigenvalue weighted by atomic mass is 9.73. The first-order chi connectivity index (χ1) is 12.7. The second-order valence-electron chi connectivity index (χ2n) is 7.39. The van der Waals surface area contributed by atoms with Crippen molar-refractivity contribution in [1.29, 1.82) is 0 Å². The summed E-state index contributed by atoms with van der Waals surface area (Å²) in [7, 11) is 0. The summed E-state index contributed by atoms with van der Waals surface area (Å²) in [5.74, 6) is 1.52. The van der Waals surface area contributed by atoms with Crippen molar-refractivity contribution in [2.24, 2.45) is 11.8 Å². The quantitative estimate of drug-likeness (QED) is 0.798. The van der Waals surface area contributed by atoms with Gasteiger partial charge in [0.25, 0.3) is 0 Å². The molecule has 1 aromatic carbocycles. The van der Waals surface area contributed by atoms with Crippen LogP contribution in [0.4, 0.5) is 0 Å². The highest BCUT2D eigenvalue weighted by Gasteiger charge is 2.43. The first-order valence-electron chi connectivity index (χ1n) is 9.38. The Bertz CT molecular complexity index is 819. The van der Waals surface area contributed by atoms with Gasteiger partial charge in [-0.05, 0) is 61.1 Å². The molecule has 136 valence electrons. The molecule has 0 aliphatic carbocycles. The zero-order valence-electron chi connectivity index (χ0n) is 15.1. The fraction of sp³-hybridized carbons (Fsp3) is 0.409. The van der Waals surface area contributed by atoms with Gasteiger partial charge in [0, 0.05) is 24.2 Å². The van der Waals surface area contributed by atoms with Crippen LogP contribution in [0.15, 0.2) is 55.8 Å². The predicted molar refractivity (Wildman–Crippen MR) is 104 cm³/mol. The SMILES string of the molecule is C=CCO[C@@H](c1ccnc2ccc(O)cc12)C1CC2CCN1CC2C=C. The molecule has 4 nitrogen and oxygen atoms in total. The van der Waals surface area contributed by atoms with Crippen LogP contribution >= 0.6 is 0 Å². The van der Waals surface area contributed by atoms with E-state index in [0.29, 0.717) is 24.5 Å². The number of hydrogen-bond donors (Lipinski definition) is 1. The zero-order chi connectivity index (χ0) is 18.1. The lowest BCUT2D eigenvalue weighted by Crippen LogP contribution is -2.55. The summed E-state index contributed by atoms with van der Waals surface area (Å²) in [5, 5.41) is 11.0. The first-order valence-corrected chi connectivity index (χ1v) is 9.38. The molecule has 1 N–H and O–H groups in total. The fourth-order valence-corrected chi connectivity index (χ4v) is 4.68. The Labute approximate surface area is 154 Å². The Morgan fingerprint density at radius 1 is 1.35 bits per heavy atom. The topological polar surface area (TPSA) is 45.6 Å². The smallest absolute Gasteiger partial charge is 0.116 e. The average molecular weight is 350 g/mol. The van der Waals surface area contributed by atoms with E-state index >= 15 is 0 Å². The number of benzene rings is 1. The van der Waals surface area contributed by atoms with Gasteiger partial charge < -0.3 is 9.84 Å². The number of phenols is 1. The number of rotatable bonds is 6. The standard InChI is InChI=1S/C22H26N2O2/c1-3-11-26-22(21-12-16-8-10-24(21)14-15(16)4-2)18-7-9-23-20-6-5-17(25)13-19(18)20/h3-7,9,13,15-16,21-22,25H,1-2,8,10-12,14H2/t15?,16?,21?,22-/m0/s1. The third kappa shape index (κ3) is 3.04. The van der Waals surface area contributed by atoms with Crippen molar-refractivity contribution < 1.29 is 9.84 Å². The number of piperidine rings is 3. The van der Waals surface area contributed by atoms with Crippen LogP contribution in [0.5, 0.6) is 5.75 Å². The van der Waals surface area contributed by atoms with Crippen molar-refractivity contribution in [1.82, 2.24) is 9.88 Å². The largest absolute Gasteiger partial charge is 0.508 e. The van der Waals surface area contributed by atoms with Crippen molar-refractivity contribution in [3.63, 3.8) is 0 Å². The molecule has 5 rings (SSSR count). The van der Waals surface area contributed by atoms with Crippen LogP contribution < -0.4 is 0 Å². The average Bonchev–Trinajstić information content (AvgIpc) is 2.68. The Balaban J connectivity index is 1.74. The lowest BCUT2D eigenvalue weighted by molar-refractivity contribution is -0.0683. The molecule has 0 saturated carbocycles. The lowest BCUT2D eigenvalue weighted by Gasteiger charge is -2.51. The van der Waals surface area contributed by atoms with Crippen LogP contribution in [0.1, 0.15) is 24.5 Å². The highest BCUT2D eigenvalue weighted by Crippen LogP contribution is 2.43. The Morgan fingerprint density at radius 3 is 2.96 bits per heavy atom. The van der Waals surface area contributed by atoms with E-state index in [2.05, 4.69) is 29.1 Å². The van der Waals surface area contributed by atoms with Crippen molar-refractivity contribution >= 4 is 10.9 Å². The van der Waals surface area contributed by atoms with E-state index < -0.39 is 0 Å². The highest BCUT2D eigenvalue weighted by atomic mass is 16.5. The molecule has 4 heteroatoms. The third-order valence-corrected chi connectivity index (χ3v) is 5.96. The highest BCUT2D eigenvalue weighted by molar-refractivity contribution is 5.83. The Kier molecular flexibility index (Phi) is 4.79. The van der Waals surface area contributed by atoms with Gasteiger partial charge in [-0.25, -0.2) is 0 Å². The number of aromatic nitrogens is 1. The molecule has 3 aliphatic rings. The van der Waals surface area contributed by atoms with Gasteiger partial charge in [-0.3, -0.25) is 9.88 Å². The molecular weight excluding hydrogens is 324 g/mol. The normalized spacial score (nSPS) is 28.8. The van der Waals surface area contributed by atoms with Gasteiger partial charge in [0.2, 0.25) is 0 Å². The summed E-state index contributed by atoms with van der Waals surface area (Å²) in [6.07, 6.45) is 8.04. The van der Waals surface area contributed by atoms with E-state index in [1.165, 1.54) is 6.42 Å². The third-order valence-electron chi connectivity index (χ3n) is 5.96. The minimum Gasteiger partial charge on any atom is -0.508 e. The summed E-state index contributed by atoms with van der Waals surface area (Å²) in [6, 6.07) is 7.70. The molecule has 3 aliphatic heterocycles. The molecule has 0 amide bonds. The van der Waals surface area contributed by atoms with Crippen LogP contribution in [-0.4, -0.2) is 40.7 Å². The number of ether oxygens (including phenoxy) is 1. The van der Waals surface area contributed by atoms with E-state index in [1.54, 1.807) is 18.2 Å². The molecule has 5 atom stereocenters. The van der Waals surface area contributed by atoms with E-state index in [4.69, 9.17) is 4.74 Å². The Hall–Kier alpha value is -2.17. The van der Waals surface area contributed by atoms with Crippen LogP contribution in [-0.2, 0) is 4.74 Å². The molecule has 3 saturated heterocycles. The number of nitrogens with zero attached hydrogens (tertiary/aromatic N) is 2. The maximum atomic E-state index is 9.99. The maximum Gasteiger partial charge on any atom is 0.116 e. The van der Waals surface area contributed by atoms with E-state index in [0.717, 1.165) is 36.0 Å². The van der Waals surface area contributed by atoms with Crippen LogP contribution in [0.3, 0.4) is 0 Å². The summed E-state index contributed by atoms with van der Waals surface area (Å²) in [5.41, 5.74) is 1.98. The van der Waals surface area contributed by atoms with E-state index in [9.17, 15) is 5.11 Å². The van der Waals surface area contributed by atoms with Gasteiger partial charge in [0.15, 0.2) is 0 Å². The molecule has 0 spiro atoms. The van der Waals surface area contributed by atoms with Gasteiger partial charge >= 0.3 is 0 Å². The second-order valence-corrected chi connectivity index (χ2v) is 7.39. The van der Waals surface area contributed by atoms with Gasteiger partial charge in [0.05, 0.1) is 18.2 Å².